The minimum atomic E-state index is -0.618. The molecular weight excluding hydrogens is 256 g/mol. The Kier molecular flexibility index (Phi) is 3.85. The van der Waals surface area contributed by atoms with E-state index in [0.717, 1.165) is 0 Å². The predicted molar refractivity (Wildman–Crippen MR) is 53.9 cm³/mol. The summed E-state index contributed by atoms with van der Waals surface area (Å²) in [7, 11) is 1.48. The van der Waals surface area contributed by atoms with Crippen LogP contribution >= 0.6 is 27.7 Å². The number of cyclic esters (lactones) is 1. The first-order valence-electron chi connectivity index (χ1n) is 3.42. The number of carbonyl (C=O) groups is 1. The van der Waals surface area contributed by atoms with Gasteiger partial charge < -0.3 is 9.47 Å². The Balaban J connectivity index is 2.84. The molecule has 1 aliphatic rings. The summed E-state index contributed by atoms with van der Waals surface area (Å²) >= 11 is 4.35. The Hall–Kier alpha value is -0.440. The molecule has 0 saturated heterocycles. The number of hydrogen-bond donors (Lipinski definition) is 0. The molecule has 13 heavy (non-hydrogen) atoms. The van der Waals surface area contributed by atoms with Crippen LogP contribution in [0, 0.1) is 11.2 Å². The molecule has 70 valence electrons. The van der Waals surface area contributed by atoms with Crippen molar-refractivity contribution in [3.05, 3.63) is 9.39 Å². The van der Waals surface area contributed by atoms with E-state index in [9.17, 15) is 4.79 Å². The van der Waals surface area contributed by atoms with Gasteiger partial charge in [-0.3, -0.25) is 0 Å². The van der Waals surface area contributed by atoms with Crippen LogP contribution in [-0.2, 0) is 14.3 Å². The molecule has 1 heterocycles. The molecule has 0 saturated carbocycles. The first kappa shape index (κ1) is 10.6. The quantitative estimate of drug-likeness (QED) is 0.562. The van der Waals surface area contributed by atoms with E-state index in [1.54, 1.807) is 6.92 Å². The lowest BCUT2D eigenvalue weighted by molar-refractivity contribution is -0.154. The topological polar surface area (TPSA) is 35.5 Å². The van der Waals surface area contributed by atoms with Crippen molar-refractivity contribution in [3.8, 4) is 11.2 Å². The first-order valence-corrected chi connectivity index (χ1v) is 5.03. The summed E-state index contributed by atoms with van der Waals surface area (Å²) in [5.41, 5.74) is 0. The number of thioether (sulfide) groups is 1. The van der Waals surface area contributed by atoms with Gasteiger partial charge in [0.05, 0.1) is 4.91 Å². The molecule has 5 heteroatoms. The maximum Gasteiger partial charge on any atom is 0.348 e. The summed E-state index contributed by atoms with van der Waals surface area (Å²) in [6, 6.07) is 0. The second kappa shape index (κ2) is 4.70. The number of hydrogen-bond acceptors (Lipinski definition) is 4. The van der Waals surface area contributed by atoms with Gasteiger partial charge >= 0.3 is 5.97 Å². The number of halogens is 1. The lowest BCUT2D eigenvalue weighted by atomic mass is 10.5. The Morgan fingerprint density at radius 2 is 2.38 bits per heavy atom. The van der Waals surface area contributed by atoms with Crippen molar-refractivity contribution in [3.63, 3.8) is 0 Å². The van der Waals surface area contributed by atoms with Crippen LogP contribution < -0.4 is 0 Å². The Labute approximate surface area is 89.0 Å². The molecule has 0 aliphatic carbocycles. The molecule has 0 aromatic heterocycles. The number of ether oxygens (including phenoxy) is 2. The normalized spacial score (nSPS) is 21.2. The Bertz CT molecular complexity index is 313. The van der Waals surface area contributed by atoms with E-state index in [1.165, 1.54) is 18.9 Å². The number of carbonyl (C=O) groups excluding carboxylic acids is 1. The van der Waals surface area contributed by atoms with Crippen LogP contribution in [0.1, 0.15) is 6.92 Å². The highest BCUT2D eigenvalue weighted by Crippen LogP contribution is 2.34. The minimum absolute atomic E-state index is 0.395. The predicted octanol–water partition coefficient (Wildman–Crippen LogP) is 1.84. The van der Waals surface area contributed by atoms with E-state index in [1.807, 2.05) is 0 Å². The van der Waals surface area contributed by atoms with Crippen molar-refractivity contribution in [2.45, 2.75) is 13.2 Å². The highest BCUT2D eigenvalue weighted by Gasteiger charge is 2.32. The fraction of sp³-hybridized carbons (Fsp3) is 0.375. The molecule has 1 atom stereocenters. The molecule has 1 rings (SSSR count). The highest BCUT2D eigenvalue weighted by atomic mass is 79.9. The van der Waals surface area contributed by atoms with Crippen LogP contribution in [0.4, 0.5) is 0 Å². The van der Waals surface area contributed by atoms with Gasteiger partial charge in [0, 0.05) is 7.11 Å². The third kappa shape index (κ3) is 2.27. The Morgan fingerprint density at radius 1 is 1.69 bits per heavy atom. The van der Waals surface area contributed by atoms with Crippen LogP contribution in [0.5, 0.6) is 0 Å². The van der Waals surface area contributed by atoms with E-state index in [0.29, 0.717) is 9.39 Å². The van der Waals surface area contributed by atoms with Crippen molar-refractivity contribution in [1.29, 1.82) is 0 Å². The zero-order valence-corrected chi connectivity index (χ0v) is 9.49. The maximum absolute atomic E-state index is 11.0. The molecule has 1 unspecified atom stereocenters. The lowest BCUT2D eigenvalue weighted by Gasteiger charge is -2.08. The van der Waals surface area contributed by atoms with Crippen LogP contribution in [0.25, 0.3) is 0 Å². The zero-order valence-electron chi connectivity index (χ0n) is 7.09. The molecule has 0 bridgehead atoms. The molecule has 0 N–H and O–H groups in total. The van der Waals surface area contributed by atoms with Gasteiger partial charge in [-0.1, -0.05) is 5.92 Å². The fourth-order valence-electron chi connectivity index (χ4n) is 0.761. The molecule has 0 amide bonds. The van der Waals surface area contributed by atoms with Gasteiger partial charge in [-0.2, -0.15) is 0 Å². The molecule has 0 spiro atoms. The smallest absolute Gasteiger partial charge is 0.348 e. The van der Waals surface area contributed by atoms with Gasteiger partial charge in [0.15, 0.2) is 0 Å². The van der Waals surface area contributed by atoms with Crippen molar-refractivity contribution < 1.29 is 14.3 Å². The largest absolute Gasteiger partial charge is 0.427 e. The standard InChI is InChI=1S/C8H7BrO3S/c1-3-4-13-6-5(9)7(10)12-8(6)11-2/h8H,1-2H3. The van der Waals surface area contributed by atoms with Crippen molar-refractivity contribution >= 4 is 33.7 Å². The van der Waals surface area contributed by atoms with E-state index < -0.39 is 12.3 Å². The first-order chi connectivity index (χ1) is 6.20. The van der Waals surface area contributed by atoms with Gasteiger partial charge in [-0.15, -0.1) is 0 Å². The van der Waals surface area contributed by atoms with Crippen molar-refractivity contribution in [2.24, 2.45) is 0 Å². The maximum atomic E-state index is 11.0. The molecule has 0 fully saturated rings. The van der Waals surface area contributed by atoms with E-state index >= 15 is 0 Å². The summed E-state index contributed by atoms with van der Waals surface area (Å²) in [5, 5.41) is 2.77. The van der Waals surface area contributed by atoms with Crippen molar-refractivity contribution in [2.75, 3.05) is 7.11 Å². The van der Waals surface area contributed by atoms with Gasteiger partial charge in [0.25, 0.3) is 0 Å². The second-order valence-electron chi connectivity index (χ2n) is 2.11. The highest BCUT2D eigenvalue weighted by molar-refractivity contribution is 9.12. The summed E-state index contributed by atoms with van der Waals surface area (Å²) in [6.07, 6.45) is -0.618. The van der Waals surface area contributed by atoms with E-state index in [-0.39, 0.29) is 0 Å². The average molecular weight is 263 g/mol. The van der Waals surface area contributed by atoms with Gasteiger partial charge in [-0.05, 0) is 39.9 Å². The molecule has 3 nitrogen and oxygen atoms in total. The van der Waals surface area contributed by atoms with Crippen LogP contribution in [0.2, 0.25) is 0 Å². The molecule has 0 aromatic carbocycles. The minimum Gasteiger partial charge on any atom is -0.427 e. The SMILES string of the molecule is CC#CSC1=C(Br)C(=O)OC1OC. The second-order valence-corrected chi connectivity index (χ2v) is 3.75. The van der Waals surface area contributed by atoms with Crippen LogP contribution in [0.3, 0.4) is 0 Å². The third-order valence-electron chi connectivity index (χ3n) is 1.30. The number of esters is 1. The Morgan fingerprint density at radius 3 is 2.92 bits per heavy atom. The summed E-state index contributed by atoms with van der Waals surface area (Å²) in [6.45, 7) is 1.72. The zero-order chi connectivity index (χ0) is 9.84. The number of methoxy groups -OCH3 is 1. The van der Waals surface area contributed by atoms with Gasteiger partial charge in [0.1, 0.15) is 4.48 Å². The van der Waals surface area contributed by atoms with Crippen LogP contribution in [0.15, 0.2) is 9.39 Å². The monoisotopic (exact) mass is 262 g/mol. The van der Waals surface area contributed by atoms with E-state index in [4.69, 9.17) is 9.47 Å². The lowest BCUT2D eigenvalue weighted by Crippen LogP contribution is -2.12. The summed E-state index contributed by atoms with van der Waals surface area (Å²) in [4.78, 5) is 11.7. The average Bonchev–Trinajstić information content (AvgIpc) is 2.40. The van der Waals surface area contributed by atoms with Crippen molar-refractivity contribution in [1.82, 2.24) is 0 Å². The summed E-state index contributed by atoms with van der Waals surface area (Å²) in [5.74, 6) is 2.30. The van der Waals surface area contributed by atoms with Gasteiger partial charge in [0.2, 0.25) is 6.29 Å². The van der Waals surface area contributed by atoms with E-state index in [2.05, 4.69) is 27.1 Å². The summed E-state index contributed by atoms with van der Waals surface area (Å²) < 4.78 is 10.2. The number of rotatable bonds is 2. The molecular formula is C8H7BrO3S. The third-order valence-corrected chi connectivity index (χ3v) is 3.24. The molecule has 0 aromatic rings. The van der Waals surface area contributed by atoms with Gasteiger partial charge in [-0.25, -0.2) is 4.79 Å². The fourth-order valence-corrected chi connectivity index (χ4v) is 1.91. The van der Waals surface area contributed by atoms with Crippen LogP contribution in [-0.4, -0.2) is 19.4 Å². The molecule has 0 radical (unpaired) electrons. The molecule has 1 aliphatic heterocycles.